The lowest BCUT2D eigenvalue weighted by molar-refractivity contribution is -0.0617. The van der Waals surface area contributed by atoms with Gasteiger partial charge in [-0.2, -0.15) is 9.88 Å². The van der Waals surface area contributed by atoms with Crippen LogP contribution in [-0.2, 0) is 32.4 Å². The molecule has 2 aliphatic heterocycles. The van der Waals surface area contributed by atoms with Crippen LogP contribution in [0.3, 0.4) is 0 Å². The van der Waals surface area contributed by atoms with Crippen LogP contribution in [0, 0.1) is 0 Å². The number of nitrogen functional groups attached to an aromatic ring is 2. The summed E-state index contributed by atoms with van der Waals surface area (Å²) in [6.07, 6.45) is -6.74. The molecule has 0 radical (unpaired) electrons. The smallest absolute Gasteiger partial charge is 0.394 e. The number of phosphoric acid groups is 1. The standard InChI is InChI=1S/C21H25FN10O11P2/c22-12-15(9(2-33)42-20(12)32-6-27-13-16(23)25-4-26-17(13)32)43-45(37,38)40-3-10-8(39-7-44(35)36)1-11(41-10)31-5-28-14-18(31)29-21(24)30-19(14)34/h4-6,8-12,15,20,33H,1-3,7H2,(H6-,23,24,25,26,29,30,34,35,36,37,38)/p+1/t8-,9-,10-,11-,12+,15+,20-/m1/s1. The fourth-order valence-corrected chi connectivity index (χ4v) is 6.38. The molecule has 0 aliphatic carbocycles. The van der Waals surface area contributed by atoms with E-state index in [1.807, 2.05) is 0 Å². The molecule has 24 heteroatoms. The third-order valence-electron chi connectivity index (χ3n) is 7.11. The molecule has 0 bridgehead atoms. The molecule has 2 unspecified atom stereocenters. The second-order valence-corrected chi connectivity index (χ2v) is 12.3. The molecule has 2 fully saturated rings. The number of anilines is 2. The maximum absolute atomic E-state index is 15.7. The van der Waals surface area contributed by atoms with E-state index in [4.69, 9.17) is 34.7 Å². The molecule has 8 N–H and O–H groups in total. The van der Waals surface area contributed by atoms with Gasteiger partial charge < -0.3 is 35.7 Å². The molecule has 6 heterocycles. The number of hydrogen-bond acceptors (Lipinski definition) is 16. The molecule has 4 aromatic rings. The number of hydrogen-bond donors (Lipinski definition) is 6. The first kappa shape index (κ1) is 31.4. The van der Waals surface area contributed by atoms with E-state index in [0.29, 0.717) is 0 Å². The molecule has 2 aliphatic rings. The van der Waals surface area contributed by atoms with Crippen LogP contribution in [0.15, 0.2) is 23.8 Å². The maximum atomic E-state index is 15.7. The Labute approximate surface area is 250 Å². The number of phosphoric ester groups is 1. The summed E-state index contributed by atoms with van der Waals surface area (Å²) in [6.45, 7) is -1.45. The highest BCUT2D eigenvalue weighted by atomic mass is 31.2. The molecule has 21 nitrogen and oxygen atoms in total. The number of nitrogens with two attached hydrogens (primary N) is 2. The van der Waals surface area contributed by atoms with E-state index in [1.165, 1.54) is 21.8 Å². The lowest BCUT2D eigenvalue weighted by Crippen LogP contribution is -2.34. The number of imidazole rings is 2. The summed E-state index contributed by atoms with van der Waals surface area (Å²) in [5.74, 6) is -0.147. The SMILES string of the molecule is Nc1nc2c(ncn2[C@H]2C[C@@H](OC[P+](=O)O)[C@@H](COP(=O)(O)O[C@@H]3[C@H](F)[C@H](n4cnc5c(N)ncnc54)O[C@@H]3CO)O2)c(=O)[nH]1. The highest BCUT2D eigenvalue weighted by molar-refractivity contribution is 7.47. The highest BCUT2D eigenvalue weighted by Crippen LogP contribution is 2.50. The Kier molecular flexibility index (Phi) is 8.61. The van der Waals surface area contributed by atoms with Gasteiger partial charge in [0.05, 0.1) is 32.0 Å². The number of aliphatic hydroxyl groups excluding tert-OH is 1. The first-order valence-corrected chi connectivity index (χ1v) is 16.0. The van der Waals surface area contributed by atoms with Gasteiger partial charge in [-0.15, -0.1) is 0 Å². The van der Waals surface area contributed by atoms with Gasteiger partial charge in [-0.25, -0.2) is 28.9 Å². The molecule has 9 atom stereocenters. The quantitative estimate of drug-likeness (QED) is 0.106. The lowest BCUT2D eigenvalue weighted by atomic mass is 10.1. The summed E-state index contributed by atoms with van der Waals surface area (Å²) in [5.41, 5.74) is 11.2. The lowest BCUT2D eigenvalue weighted by Gasteiger charge is -2.23. The third kappa shape index (κ3) is 6.17. The molecule has 45 heavy (non-hydrogen) atoms. The Bertz CT molecular complexity index is 1840. The summed E-state index contributed by atoms with van der Waals surface area (Å²) < 4.78 is 69.8. The average Bonchev–Trinajstić information content (AvgIpc) is 3.76. The van der Waals surface area contributed by atoms with Crippen molar-refractivity contribution in [3.63, 3.8) is 0 Å². The predicted molar refractivity (Wildman–Crippen MR) is 147 cm³/mol. The van der Waals surface area contributed by atoms with E-state index in [9.17, 15) is 28.8 Å². The van der Waals surface area contributed by atoms with Crippen molar-refractivity contribution in [2.75, 3.05) is 31.0 Å². The minimum atomic E-state index is -5.08. The van der Waals surface area contributed by atoms with Crippen LogP contribution in [0.2, 0.25) is 0 Å². The number of H-pyrrole nitrogens is 1. The zero-order valence-corrected chi connectivity index (χ0v) is 24.6. The van der Waals surface area contributed by atoms with Crippen LogP contribution in [-0.4, -0.2) is 104 Å². The van der Waals surface area contributed by atoms with E-state index in [1.54, 1.807) is 0 Å². The maximum Gasteiger partial charge on any atom is 0.534 e. The molecule has 0 saturated carbocycles. The van der Waals surface area contributed by atoms with Crippen LogP contribution in [0.25, 0.3) is 22.3 Å². The van der Waals surface area contributed by atoms with Gasteiger partial charge in [-0.3, -0.25) is 28.0 Å². The van der Waals surface area contributed by atoms with Gasteiger partial charge >= 0.3 is 15.9 Å². The Morgan fingerprint density at radius 2 is 1.89 bits per heavy atom. The van der Waals surface area contributed by atoms with Crippen molar-refractivity contribution < 1.29 is 51.7 Å². The van der Waals surface area contributed by atoms with Crippen LogP contribution < -0.4 is 17.0 Å². The number of halogens is 1. The number of alkyl halides is 1. The van der Waals surface area contributed by atoms with Crippen LogP contribution in [0.5, 0.6) is 0 Å². The van der Waals surface area contributed by atoms with Crippen LogP contribution in [0.4, 0.5) is 16.2 Å². The normalized spacial score (nSPS) is 28.6. The van der Waals surface area contributed by atoms with Crippen molar-refractivity contribution in [1.82, 2.24) is 39.0 Å². The second-order valence-electron chi connectivity index (χ2n) is 9.94. The van der Waals surface area contributed by atoms with Crippen molar-refractivity contribution in [2.24, 2.45) is 0 Å². The predicted octanol–water partition coefficient (Wildman–Crippen LogP) is -0.781. The van der Waals surface area contributed by atoms with E-state index in [2.05, 4.69) is 29.9 Å². The zero-order chi connectivity index (χ0) is 32.0. The molecular weight excluding hydrogens is 649 g/mol. The Hall–Kier alpha value is -3.56. The van der Waals surface area contributed by atoms with Gasteiger partial charge in [0.25, 0.3) is 11.9 Å². The summed E-state index contributed by atoms with van der Waals surface area (Å²) in [4.78, 5) is 54.2. The van der Waals surface area contributed by atoms with Crippen LogP contribution in [0.1, 0.15) is 18.9 Å². The zero-order valence-electron chi connectivity index (χ0n) is 22.8. The van der Waals surface area contributed by atoms with E-state index in [-0.39, 0.29) is 40.5 Å². The van der Waals surface area contributed by atoms with E-state index in [0.717, 1.165) is 6.33 Å². The Morgan fingerprint density at radius 1 is 1.13 bits per heavy atom. The molecule has 2 saturated heterocycles. The molecule has 0 aromatic carbocycles. The summed E-state index contributed by atoms with van der Waals surface area (Å²) in [7, 11) is -7.79. The highest BCUT2D eigenvalue weighted by Gasteiger charge is 2.51. The van der Waals surface area contributed by atoms with E-state index < -0.39 is 84.0 Å². The summed E-state index contributed by atoms with van der Waals surface area (Å²) in [5, 5.41) is 9.82. The fraction of sp³-hybridized carbons (Fsp3) is 0.524. The van der Waals surface area contributed by atoms with Crippen LogP contribution >= 0.6 is 15.9 Å². The molecule has 6 rings (SSSR count). The largest absolute Gasteiger partial charge is 0.534 e. The van der Waals surface area contributed by atoms with Gasteiger partial charge in [0, 0.05) is 6.42 Å². The van der Waals surface area contributed by atoms with Gasteiger partial charge in [0.15, 0.2) is 35.0 Å². The van der Waals surface area contributed by atoms with Crippen molar-refractivity contribution in [3.8, 4) is 0 Å². The first-order chi connectivity index (χ1) is 21.5. The number of aromatic nitrogens is 8. The van der Waals surface area contributed by atoms with Crippen molar-refractivity contribution in [2.45, 2.75) is 49.5 Å². The number of rotatable bonds is 11. The van der Waals surface area contributed by atoms with Gasteiger partial charge in [-0.05, 0) is 4.57 Å². The summed E-state index contributed by atoms with van der Waals surface area (Å²) in [6, 6.07) is 0. The first-order valence-electron chi connectivity index (χ1n) is 13.1. The number of nitrogens with zero attached hydrogens (tertiary/aromatic N) is 7. The number of aliphatic hydroxyl groups is 1. The Morgan fingerprint density at radius 3 is 2.64 bits per heavy atom. The molecular formula is C21H26FN10O11P2+. The molecule has 4 aromatic heterocycles. The monoisotopic (exact) mass is 675 g/mol. The van der Waals surface area contributed by atoms with Gasteiger partial charge in [0.2, 0.25) is 5.95 Å². The van der Waals surface area contributed by atoms with Gasteiger partial charge in [-0.1, -0.05) is 0 Å². The Balaban J connectivity index is 1.16. The molecule has 242 valence electrons. The van der Waals surface area contributed by atoms with Crippen molar-refractivity contribution in [1.29, 1.82) is 0 Å². The van der Waals surface area contributed by atoms with Crippen molar-refractivity contribution >= 4 is 49.9 Å². The number of nitrogens with one attached hydrogen (secondary N) is 1. The topological polar surface area (TPSA) is 300 Å². The third-order valence-corrected chi connectivity index (χ3v) is 8.46. The minimum absolute atomic E-state index is 0.0118. The summed E-state index contributed by atoms with van der Waals surface area (Å²) >= 11 is 0. The number of aromatic amines is 1. The van der Waals surface area contributed by atoms with Crippen molar-refractivity contribution in [3.05, 3.63) is 29.3 Å². The average molecular weight is 675 g/mol. The van der Waals surface area contributed by atoms with Gasteiger partial charge in [0.1, 0.15) is 36.4 Å². The number of fused-ring (bicyclic) bond motifs is 2. The van der Waals surface area contributed by atoms with E-state index >= 15 is 4.39 Å². The second kappa shape index (κ2) is 12.3. The number of ether oxygens (including phenoxy) is 3. The fourth-order valence-electron chi connectivity index (χ4n) is 5.11. The molecule has 0 spiro atoms. The minimum Gasteiger partial charge on any atom is -0.394 e. The molecule has 0 amide bonds.